The molecule has 1 spiro atoms. The molecule has 0 saturated heterocycles. The van der Waals surface area contributed by atoms with Gasteiger partial charge in [0.15, 0.2) is 11.6 Å². The summed E-state index contributed by atoms with van der Waals surface area (Å²) < 4.78 is 0. The fourth-order valence-corrected chi connectivity index (χ4v) is 4.28. The molecule has 0 aromatic heterocycles. The number of Topliss-reactive ketones (excluding diaryl/α,β-unsaturated/α-hetero) is 1. The van der Waals surface area contributed by atoms with Crippen molar-refractivity contribution >= 4 is 11.6 Å². The molecule has 0 amide bonds. The van der Waals surface area contributed by atoms with E-state index in [2.05, 4.69) is 18.0 Å². The van der Waals surface area contributed by atoms with Crippen LogP contribution >= 0.6 is 0 Å². The fraction of sp³-hybridized carbons (Fsp3) is 0.647. The molecule has 0 N–H and O–H groups in total. The van der Waals surface area contributed by atoms with Crippen LogP contribution in [0.1, 0.15) is 39.0 Å². The van der Waals surface area contributed by atoms with Gasteiger partial charge in [-0.2, -0.15) is 0 Å². The highest BCUT2D eigenvalue weighted by Crippen LogP contribution is 2.54. The fourth-order valence-electron chi connectivity index (χ4n) is 4.28. The Morgan fingerprint density at radius 1 is 1.25 bits per heavy atom. The van der Waals surface area contributed by atoms with Crippen molar-refractivity contribution in [2.24, 2.45) is 11.3 Å². The number of allylic oxidation sites excluding steroid dienone is 3. The molecule has 0 unspecified atom stereocenters. The first-order valence-corrected chi connectivity index (χ1v) is 7.68. The third-order valence-corrected chi connectivity index (χ3v) is 5.27. The third kappa shape index (κ3) is 1.99. The van der Waals surface area contributed by atoms with Crippen molar-refractivity contribution in [2.75, 3.05) is 20.1 Å². The first kappa shape index (κ1) is 13.7. The molecule has 1 aliphatic heterocycles. The van der Waals surface area contributed by atoms with Gasteiger partial charge >= 0.3 is 0 Å². The molecular weight excluding hydrogens is 250 g/mol. The highest BCUT2D eigenvalue weighted by molar-refractivity contribution is 6.11. The Hall–Kier alpha value is -1.22. The summed E-state index contributed by atoms with van der Waals surface area (Å²) >= 11 is 0. The summed E-state index contributed by atoms with van der Waals surface area (Å²) in [6.07, 6.45) is 8.05. The molecule has 2 aliphatic carbocycles. The highest BCUT2D eigenvalue weighted by atomic mass is 16.1. The van der Waals surface area contributed by atoms with Gasteiger partial charge in [0, 0.05) is 18.5 Å². The molecule has 1 fully saturated rings. The van der Waals surface area contributed by atoms with Gasteiger partial charge in [-0.1, -0.05) is 11.6 Å². The van der Waals surface area contributed by atoms with Crippen molar-refractivity contribution in [3.63, 3.8) is 0 Å². The molecular formula is C17H23NO2. The molecule has 3 aliphatic rings. The number of carbonyl (C=O) groups excluding carboxylic acids is 2. The van der Waals surface area contributed by atoms with Crippen molar-refractivity contribution in [1.29, 1.82) is 0 Å². The van der Waals surface area contributed by atoms with Crippen LogP contribution in [0.5, 0.6) is 0 Å². The van der Waals surface area contributed by atoms with E-state index in [1.165, 1.54) is 0 Å². The van der Waals surface area contributed by atoms with Crippen LogP contribution in [-0.4, -0.2) is 36.6 Å². The van der Waals surface area contributed by atoms with Crippen LogP contribution in [0.15, 0.2) is 23.3 Å². The molecule has 1 heterocycles. The van der Waals surface area contributed by atoms with Crippen molar-refractivity contribution in [3.8, 4) is 0 Å². The lowest BCUT2D eigenvalue weighted by Gasteiger charge is -2.37. The first-order valence-electron chi connectivity index (χ1n) is 7.68. The minimum absolute atomic E-state index is 0.188. The molecule has 3 nitrogen and oxygen atoms in total. The SMILES string of the molecule is CC1=CC(=O)[C@]23CCCN(C)CC/C=C\2C(=O)C[C@@H]3C1. The van der Waals surface area contributed by atoms with Crippen LogP contribution in [0, 0.1) is 11.3 Å². The monoisotopic (exact) mass is 273 g/mol. The van der Waals surface area contributed by atoms with Gasteiger partial charge in [0.1, 0.15) is 0 Å². The van der Waals surface area contributed by atoms with Gasteiger partial charge < -0.3 is 4.90 Å². The first-order chi connectivity index (χ1) is 9.54. The Balaban J connectivity index is 2.05. The number of rotatable bonds is 0. The lowest BCUT2D eigenvalue weighted by atomic mass is 9.64. The average Bonchev–Trinajstić information content (AvgIpc) is 2.67. The normalized spacial score (nSPS) is 38.0. The number of hydrogen-bond acceptors (Lipinski definition) is 3. The van der Waals surface area contributed by atoms with Crippen LogP contribution in [0.2, 0.25) is 0 Å². The summed E-state index contributed by atoms with van der Waals surface area (Å²) in [5.41, 5.74) is 1.49. The van der Waals surface area contributed by atoms with E-state index in [0.717, 1.165) is 49.9 Å². The summed E-state index contributed by atoms with van der Waals surface area (Å²) in [4.78, 5) is 27.5. The zero-order chi connectivity index (χ0) is 14.3. The van der Waals surface area contributed by atoms with Crippen molar-refractivity contribution in [2.45, 2.75) is 39.0 Å². The van der Waals surface area contributed by atoms with Crippen LogP contribution in [0.25, 0.3) is 0 Å². The number of ketones is 2. The Morgan fingerprint density at radius 2 is 2.05 bits per heavy atom. The van der Waals surface area contributed by atoms with Crippen LogP contribution in [0.4, 0.5) is 0 Å². The summed E-state index contributed by atoms with van der Waals surface area (Å²) in [5, 5.41) is 0. The second kappa shape index (κ2) is 4.96. The Bertz CT molecular complexity index is 517. The standard InChI is InChI=1S/C17H23NO2/c1-12-9-13-11-15(19)14-5-3-7-18(2)8-4-6-17(13,14)16(20)10-12/h5,10,13H,3-4,6-9,11H2,1-2H3/b14-5-/t13-,17-/m0/s1. The van der Waals surface area contributed by atoms with Gasteiger partial charge in [-0.15, -0.1) is 0 Å². The molecule has 2 atom stereocenters. The van der Waals surface area contributed by atoms with Gasteiger partial charge in [-0.3, -0.25) is 9.59 Å². The zero-order valence-corrected chi connectivity index (χ0v) is 12.4. The zero-order valence-electron chi connectivity index (χ0n) is 12.4. The van der Waals surface area contributed by atoms with E-state index < -0.39 is 5.41 Å². The molecule has 3 heteroatoms. The predicted molar refractivity (Wildman–Crippen MR) is 78.4 cm³/mol. The minimum atomic E-state index is -0.484. The Kier molecular flexibility index (Phi) is 3.41. The quantitative estimate of drug-likeness (QED) is 0.680. The topological polar surface area (TPSA) is 37.4 Å². The van der Waals surface area contributed by atoms with Gasteiger partial charge in [-0.25, -0.2) is 0 Å². The summed E-state index contributed by atoms with van der Waals surface area (Å²) in [6.45, 7) is 4.00. The van der Waals surface area contributed by atoms with Gasteiger partial charge in [-0.05, 0) is 58.2 Å². The van der Waals surface area contributed by atoms with Crippen molar-refractivity contribution in [1.82, 2.24) is 4.90 Å². The lowest BCUT2D eigenvalue weighted by Crippen LogP contribution is -2.39. The Morgan fingerprint density at radius 3 is 2.85 bits per heavy atom. The minimum Gasteiger partial charge on any atom is -0.306 e. The average molecular weight is 273 g/mol. The number of nitrogens with zero attached hydrogens (tertiary/aromatic N) is 1. The summed E-state index contributed by atoms with van der Waals surface area (Å²) in [6, 6.07) is 0. The van der Waals surface area contributed by atoms with Crippen LogP contribution < -0.4 is 0 Å². The maximum atomic E-state index is 12.8. The maximum absolute atomic E-state index is 12.8. The second-order valence-corrected chi connectivity index (χ2v) is 6.67. The van der Waals surface area contributed by atoms with Crippen molar-refractivity contribution in [3.05, 3.63) is 23.3 Å². The molecule has 0 aromatic carbocycles. The number of carbonyl (C=O) groups is 2. The second-order valence-electron chi connectivity index (χ2n) is 6.67. The molecule has 108 valence electrons. The molecule has 0 aromatic rings. The molecule has 1 saturated carbocycles. The van der Waals surface area contributed by atoms with Gasteiger partial charge in [0.05, 0.1) is 5.41 Å². The van der Waals surface area contributed by atoms with Crippen LogP contribution in [-0.2, 0) is 9.59 Å². The molecule has 0 bridgehead atoms. The summed E-state index contributed by atoms with van der Waals surface area (Å²) in [5.74, 6) is 0.617. The largest absolute Gasteiger partial charge is 0.306 e. The lowest BCUT2D eigenvalue weighted by molar-refractivity contribution is -0.125. The molecule has 20 heavy (non-hydrogen) atoms. The molecule has 3 rings (SSSR count). The Labute approximate surface area is 120 Å². The van der Waals surface area contributed by atoms with E-state index >= 15 is 0 Å². The number of hydrogen-bond donors (Lipinski definition) is 0. The van der Waals surface area contributed by atoms with Gasteiger partial charge in [0.2, 0.25) is 0 Å². The van der Waals surface area contributed by atoms with E-state index in [1.54, 1.807) is 6.08 Å². The van der Waals surface area contributed by atoms with E-state index in [-0.39, 0.29) is 17.5 Å². The third-order valence-electron chi connectivity index (χ3n) is 5.27. The highest BCUT2D eigenvalue weighted by Gasteiger charge is 2.55. The van der Waals surface area contributed by atoms with Crippen LogP contribution in [0.3, 0.4) is 0 Å². The van der Waals surface area contributed by atoms with E-state index in [0.29, 0.717) is 6.42 Å². The maximum Gasteiger partial charge on any atom is 0.166 e. The molecule has 0 radical (unpaired) electrons. The van der Waals surface area contributed by atoms with E-state index in [9.17, 15) is 9.59 Å². The van der Waals surface area contributed by atoms with Gasteiger partial charge in [0.25, 0.3) is 0 Å². The van der Waals surface area contributed by atoms with Crippen molar-refractivity contribution < 1.29 is 9.59 Å². The smallest absolute Gasteiger partial charge is 0.166 e. The summed E-state index contributed by atoms with van der Waals surface area (Å²) in [7, 11) is 2.11. The predicted octanol–water partition coefficient (Wildman–Crippen LogP) is 2.52. The van der Waals surface area contributed by atoms with E-state index in [1.807, 2.05) is 6.92 Å². The van der Waals surface area contributed by atoms with E-state index in [4.69, 9.17) is 0 Å².